The van der Waals surface area contributed by atoms with Crippen LogP contribution < -0.4 is 15.8 Å². The summed E-state index contributed by atoms with van der Waals surface area (Å²) in [6.45, 7) is 2.56. The average molecular weight is 282 g/mol. The lowest BCUT2D eigenvalue weighted by molar-refractivity contribution is -0.115. The van der Waals surface area contributed by atoms with E-state index in [1.807, 2.05) is 49.4 Å². The monoisotopic (exact) mass is 282 g/mol. The molecule has 0 saturated heterocycles. The Bertz CT molecular complexity index is 682. The summed E-state index contributed by atoms with van der Waals surface area (Å²) in [6.07, 6.45) is 0.420. The zero-order valence-electron chi connectivity index (χ0n) is 11.9. The largest absolute Gasteiger partial charge is 0.494 e. The number of amides is 1. The van der Waals surface area contributed by atoms with Crippen LogP contribution in [0, 0.1) is 0 Å². The topological polar surface area (TPSA) is 64.3 Å². The normalized spacial score (nSPS) is 14.5. The first-order valence-electron chi connectivity index (χ1n) is 7.09. The molecule has 0 bridgehead atoms. The molecule has 1 aliphatic heterocycles. The van der Waals surface area contributed by atoms with Crippen LogP contribution in [0.25, 0.3) is 0 Å². The fraction of sp³-hybridized carbons (Fsp3) is 0.235. The Morgan fingerprint density at radius 1 is 1.29 bits per heavy atom. The second-order valence-corrected chi connectivity index (χ2v) is 5.09. The molecule has 1 aliphatic rings. The van der Waals surface area contributed by atoms with Gasteiger partial charge in [-0.3, -0.25) is 4.79 Å². The molecule has 0 aromatic heterocycles. The number of nitrogens with two attached hydrogens (primary N) is 1. The Balaban J connectivity index is 1.94. The van der Waals surface area contributed by atoms with Crippen LogP contribution in [-0.4, -0.2) is 12.5 Å². The van der Waals surface area contributed by atoms with Crippen LogP contribution in [0.1, 0.15) is 29.7 Å². The highest BCUT2D eigenvalue weighted by atomic mass is 16.5. The Morgan fingerprint density at radius 3 is 2.90 bits per heavy atom. The van der Waals surface area contributed by atoms with Crippen molar-refractivity contribution in [3.8, 4) is 5.75 Å². The summed E-state index contributed by atoms with van der Waals surface area (Å²) in [5.74, 6) is 0.840. The molecular weight excluding hydrogens is 264 g/mol. The number of carbonyl (C=O) groups is 1. The fourth-order valence-electron chi connectivity index (χ4n) is 2.65. The van der Waals surface area contributed by atoms with E-state index in [9.17, 15) is 4.79 Å². The van der Waals surface area contributed by atoms with Gasteiger partial charge in [-0.05, 0) is 30.2 Å². The third-order valence-corrected chi connectivity index (χ3v) is 3.67. The van der Waals surface area contributed by atoms with Crippen LogP contribution in [0.15, 0.2) is 42.5 Å². The average Bonchev–Trinajstić information content (AvgIpc) is 2.86. The van der Waals surface area contributed by atoms with E-state index in [4.69, 9.17) is 10.5 Å². The summed E-state index contributed by atoms with van der Waals surface area (Å²) in [7, 11) is 0. The maximum Gasteiger partial charge on any atom is 0.228 e. The molecule has 1 unspecified atom stereocenters. The molecule has 4 heteroatoms. The first kappa shape index (κ1) is 13.6. The van der Waals surface area contributed by atoms with Crippen LogP contribution in [0.4, 0.5) is 5.69 Å². The first-order chi connectivity index (χ1) is 10.2. The van der Waals surface area contributed by atoms with Gasteiger partial charge in [0.05, 0.1) is 19.1 Å². The van der Waals surface area contributed by atoms with Crippen LogP contribution in [-0.2, 0) is 11.2 Å². The van der Waals surface area contributed by atoms with Gasteiger partial charge in [0.25, 0.3) is 0 Å². The molecule has 21 heavy (non-hydrogen) atoms. The summed E-state index contributed by atoms with van der Waals surface area (Å²) in [5.41, 5.74) is 10.2. The molecule has 3 N–H and O–H groups in total. The predicted molar refractivity (Wildman–Crippen MR) is 82.4 cm³/mol. The number of fused-ring (bicyclic) bond motifs is 1. The summed E-state index contributed by atoms with van der Waals surface area (Å²) in [5, 5.41) is 2.83. The highest BCUT2D eigenvalue weighted by molar-refractivity contribution is 5.99. The van der Waals surface area contributed by atoms with Crippen molar-refractivity contribution in [3.05, 3.63) is 59.2 Å². The van der Waals surface area contributed by atoms with E-state index in [1.165, 1.54) is 0 Å². The molecule has 108 valence electrons. The molecule has 0 saturated carbocycles. The standard InChI is InChI=1S/C17H18N2O2/c1-2-21-15-6-4-3-5-13(15)17(18)11-7-8-14-12(9-11)10-16(20)19-14/h3-9,17H,2,10,18H2,1H3,(H,19,20). The number of ether oxygens (including phenoxy) is 1. The molecule has 0 spiro atoms. The smallest absolute Gasteiger partial charge is 0.228 e. The second kappa shape index (κ2) is 5.58. The highest BCUT2D eigenvalue weighted by Gasteiger charge is 2.20. The van der Waals surface area contributed by atoms with E-state index >= 15 is 0 Å². The van der Waals surface area contributed by atoms with Crippen molar-refractivity contribution >= 4 is 11.6 Å². The maximum absolute atomic E-state index is 11.4. The summed E-state index contributed by atoms with van der Waals surface area (Å²) < 4.78 is 5.64. The maximum atomic E-state index is 11.4. The predicted octanol–water partition coefficient (Wildman–Crippen LogP) is 2.63. The zero-order valence-corrected chi connectivity index (χ0v) is 11.9. The van der Waals surface area contributed by atoms with Gasteiger partial charge < -0.3 is 15.8 Å². The first-order valence-corrected chi connectivity index (χ1v) is 7.09. The number of benzene rings is 2. The third kappa shape index (κ3) is 2.62. The lowest BCUT2D eigenvalue weighted by atomic mass is 9.96. The number of hydrogen-bond donors (Lipinski definition) is 2. The number of hydrogen-bond acceptors (Lipinski definition) is 3. The van der Waals surface area contributed by atoms with Crippen molar-refractivity contribution in [2.75, 3.05) is 11.9 Å². The van der Waals surface area contributed by atoms with E-state index in [0.29, 0.717) is 13.0 Å². The number of rotatable bonds is 4. The molecule has 2 aromatic rings. The Kier molecular flexibility index (Phi) is 3.62. The van der Waals surface area contributed by atoms with E-state index in [-0.39, 0.29) is 11.9 Å². The van der Waals surface area contributed by atoms with Gasteiger partial charge in [-0.1, -0.05) is 30.3 Å². The minimum absolute atomic E-state index is 0.0328. The lowest BCUT2D eigenvalue weighted by Crippen LogP contribution is -2.13. The van der Waals surface area contributed by atoms with Gasteiger partial charge in [-0.2, -0.15) is 0 Å². The fourth-order valence-corrected chi connectivity index (χ4v) is 2.65. The molecule has 4 nitrogen and oxygen atoms in total. The molecule has 2 aromatic carbocycles. The van der Waals surface area contributed by atoms with Gasteiger partial charge in [0.2, 0.25) is 5.91 Å². The minimum atomic E-state index is -0.270. The van der Waals surface area contributed by atoms with Gasteiger partial charge in [-0.25, -0.2) is 0 Å². The van der Waals surface area contributed by atoms with Crippen molar-refractivity contribution in [1.29, 1.82) is 0 Å². The van der Waals surface area contributed by atoms with E-state index in [1.54, 1.807) is 0 Å². The lowest BCUT2D eigenvalue weighted by Gasteiger charge is -2.17. The summed E-state index contributed by atoms with van der Waals surface area (Å²) >= 11 is 0. The Hall–Kier alpha value is -2.33. The minimum Gasteiger partial charge on any atom is -0.494 e. The van der Waals surface area contributed by atoms with Crippen LogP contribution in [0.2, 0.25) is 0 Å². The van der Waals surface area contributed by atoms with Crippen molar-refractivity contribution in [3.63, 3.8) is 0 Å². The molecule has 0 aliphatic carbocycles. The molecule has 1 atom stereocenters. The molecule has 0 radical (unpaired) electrons. The quantitative estimate of drug-likeness (QED) is 0.906. The van der Waals surface area contributed by atoms with Crippen LogP contribution in [0.3, 0.4) is 0 Å². The molecule has 0 fully saturated rings. The molecular formula is C17H18N2O2. The highest BCUT2D eigenvalue weighted by Crippen LogP contribution is 2.31. The summed E-state index contributed by atoms with van der Waals surface area (Å²) in [6, 6.07) is 13.4. The van der Waals surface area contributed by atoms with Gasteiger partial charge >= 0.3 is 0 Å². The Labute approximate surface area is 123 Å². The van der Waals surface area contributed by atoms with Crippen LogP contribution >= 0.6 is 0 Å². The number of nitrogens with one attached hydrogen (secondary N) is 1. The number of para-hydroxylation sites is 1. The number of carbonyl (C=O) groups excluding carboxylic acids is 1. The van der Waals surface area contributed by atoms with Crippen LogP contribution in [0.5, 0.6) is 5.75 Å². The van der Waals surface area contributed by atoms with E-state index in [2.05, 4.69) is 5.32 Å². The van der Waals surface area contributed by atoms with Crippen molar-refractivity contribution in [2.24, 2.45) is 5.73 Å². The molecule has 3 rings (SSSR count). The van der Waals surface area contributed by atoms with E-state index in [0.717, 1.165) is 28.1 Å². The summed E-state index contributed by atoms with van der Waals surface area (Å²) in [4.78, 5) is 11.4. The van der Waals surface area contributed by atoms with Crippen molar-refractivity contribution in [2.45, 2.75) is 19.4 Å². The second-order valence-electron chi connectivity index (χ2n) is 5.09. The van der Waals surface area contributed by atoms with Gasteiger partial charge in [0, 0.05) is 11.3 Å². The zero-order chi connectivity index (χ0) is 14.8. The van der Waals surface area contributed by atoms with Gasteiger partial charge in [0.15, 0.2) is 0 Å². The molecule has 1 heterocycles. The van der Waals surface area contributed by atoms with Gasteiger partial charge in [0.1, 0.15) is 5.75 Å². The van der Waals surface area contributed by atoms with Crippen molar-refractivity contribution in [1.82, 2.24) is 0 Å². The Morgan fingerprint density at radius 2 is 2.10 bits per heavy atom. The molecule has 1 amide bonds. The SMILES string of the molecule is CCOc1ccccc1C(N)c1ccc2c(c1)CC(=O)N2. The van der Waals surface area contributed by atoms with Gasteiger partial charge in [-0.15, -0.1) is 0 Å². The van der Waals surface area contributed by atoms with E-state index < -0.39 is 0 Å². The number of anilines is 1. The van der Waals surface area contributed by atoms with Crippen molar-refractivity contribution < 1.29 is 9.53 Å². The third-order valence-electron chi connectivity index (χ3n) is 3.67.